The Morgan fingerprint density at radius 3 is 2.00 bits per heavy atom. The van der Waals surface area contributed by atoms with Gasteiger partial charge in [-0.1, -0.05) is 45.4 Å². The highest BCUT2D eigenvalue weighted by molar-refractivity contribution is 4.57. The number of hydrogen-bond donors (Lipinski definition) is 1. The van der Waals surface area contributed by atoms with Crippen LogP contribution >= 0.6 is 0 Å². The van der Waals surface area contributed by atoms with E-state index in [0.717, 1.165) is 25.7 Å². The van der Waals surface area contributed by atoms with E-state index in [4.69, 9.17) is 5.11 Å². The van der Waals surface area contributed by atoms with Crippen LogP contribution in [-0.4, -0.2) is 17.9 Å². The first-order chi connectivity index (χ1) is 7.31. The third-order valence-electron chi connectivity index (χ3n) is 2.80. The molecule has 0 aromatic heterocycles. The largest absolute Gasteiger partial charge is 0.396 e. The third-order valence-corrected chi connectivity index (χ3v) is 2.80. The van der Waals surface area contributed by atoms with Crippen LogP contribution in [0.4, 0.5) is 4.39 Å². The summed E-state index contributed by atoms with van der Waals surface area (Å²) in [5, 5.41) is 8.55. The molecule has 0 rings (SSSR count). The molecule has 0 unspecified atom stereocenters. The van der Waals surface area contributed by atoms with Crippen molar-refractivity contribution in [2.45, 2.75) is 77.3 Å². The monoisotopic (exact) mass is 218 g/mol. The van der Waals surface area contributed by atoms with Gasteiger partial charge in [-0.15, -0.1) is 0 Å². The van der Waals surface area contributed by atoms with Gasteiger partial charge in [0.15, 0.2) is 0 Å². The highest BCUT2D eigenvalue weighted by atomic mass is 19.1. The average Bonchev–Trinajstić information content (AvgIpc) is 2.23. The Hall–Kier alpha value is -0.110. The van der Waals surface area contributed by atoms with Gasteiger partial charge in [0, 0.05) is 6.61 Å². The Labute approximate surface area is 94.1 Å². The molecule has 0 saturated heterocycles. The minimum Gasteiger partial charge on any atom is -0.396 e. The Bertz CT molecular complexity index is 117. The molecule has 0 amide bonds. The summed E-state index contributed by atoms with van der Waals surface area (Å²) in [7, 11) is 0. The number of aliphatic hydroxyl groups excluding tert-OH is 1. The van der Waals surface area contributed by atoms with Gasteiger partial charge in [0.1, 0.15) is 6.17 Å². The number of rotatable bonds is 11. The summed E-state index contributed by atoms with van der Waals surface area (Å²) in [5.74, 6) is 0. The maximum Gasteiger partial charge on any atom is 0.100 e. The predicted octanol–water partition coefficient (Wildman–Crippen LogP) is 4.24. The molecular weight excluding hydrogens is 191 g/mol. The first-order valence-electron chi connectivity index (χ1n) is 6.56. The lowest BCUT2D eigenvalue weighted by molar-refractivity contribution is 0.251. The molecule has 0 radical (unpaired) electrons. The molecule has 0 aliphatic heterocycles. The fourth-order valence-electron chi connectivity index (χ4n) is 1.77. The molecule has 1 atom stereocenters. The van der Waals surface area contributed by atoms with Crippen molar-refractivity contribution in [3.05, 3.63) is 0 Å². The van der Waals surface area contributed by atoms with Crippen LogP contribution in [0.15, 0.2) is 0 Å². The van der Waals surface area contributed by atoms with Gasteiger partial charge < -0.3 is 5.11 Å². The van der Waals surface area contributed by atoms with Crippen LogP contribution in [0.5, 0.6) is 0 Å². The zero-order valence-electron chi connectivity index (χ0n) is 10.2. The zero-order chi connectivity index (χ0) is 11.4. The van der Waals surface area contributed by atoms with Crippen molar-refractivity contribution in [1.29, 1.82) is 0 Å². The first-order valence-corrected chi connectivity index (χ1v) is 6.56. The summed E-state index contributed by atoms with van der Waals surface area (Å²) in [5.41, 5.74) is 0. The molecule has 0 heterocycles. The van der Waals surface area contributed by atoms with Gasteiger partial charge in [0.05, 0.1) is 0 Å². The lowest BCUT2D eigenvalue weighted by atomic mass is 10.0. The SMILES string of the molecule is CCCCCCCC[C@@H](F)CCCCO. The molecule has 92 valence electrons. The van der Waals surface area contributed by atoms with E-state index in [0.29, 0.717) is 6.42 Å². The standard InChI is InChI=1S/C13H27FO/c1-2-3-4-5-6-7-10-13(14)11-8-9-12-15/h13,15H,2-12H2,1H3/t13-/m1/s1. The normalized spacial score (nSPS) is 13.0. The molecule has 0 aliphatic carbocycles. The maximum absolute atomic E-state index is 13.2. The smallest absolute Gasteiger partial charge is 0.100 e. The fourth-order valence-corrected chi connectivity index (χ4v) is 1.77. The zero-order valence-corrected chi connectivity index (χ0v) is 10.2. The molecular formula is C13H27FO. The minimum atomic E-state index is -0.636. The number of halogens is 1. The van der Waals surface area contributed by atoms with Crippen LogP contribution in [0.3, 0.4) is 0 Å². The molecule has 0 aromatic rings. The van der Waals surface area contributed by atoms with Gasteiger partial charge >= 0.3 is 0 Å². The lowest BCUT2D eigenvalue weighted by Gasteiger charge is -2.07. The predicted molar refractivity (Wildman–Crippen MR) is 63.8 cm³/mol. The average molecular weight is 218 g/mol. The van der Waals surface area contributed by atoms with Crippen LogP contribution in [0.25, 0.3) is 0 Å². The van der Waals surface area contributed by atoms with E-state index < -0.39 is 6.17 Å². The highest BCUT2D eigenvalue weighted by Gasteiger charge is 2.05. The van der Waals surface area contributed by atoms with Gasteiger partial charge in [-0.25, -0.2) is 4.39 Å². The summed E-state index contributed by atoms with van der Waals surface area (Å²) >= 11 is 0. The summed E-state index contributed by atoms with van der Waals surface area (Å²) in [6.07, 6.45) is 9.65. The summed E-state index contributed by atoms with van der Waals surface area (Å²) in [4.78, 5) is 0. The van der Waals surface area contributed by atoms with Gasteiger partial charge in [-0.05, 0) is 25.7 Å². The van der Waals surface area contributed by atoms with E-state index in [9.17, 15) is 4.39 Å². The number of unbranched alkanes of at least 4 members (excludes halogenated alkanes) is 6. The second-order valence-electron chi connectivity index (χ2n) is 4.37. The van der Waals surface area contributed by atoms with Crippen molar-refractivity contribution in [2.24, 2.45) is 0 Å². The third kappa shape index (κ3) is 11.8. The Kier molecular flexibility index (Phi) is 11.9. The van der Waals surface area contributed by atoms with Gasteiger partial charge in [-0.3, -0.25) is 0 Å². The van der Waals surface area contributed by atoms with Gasteiger partial charge in [0.2, 0.25) is 0 Å². The molecule has 2 heteroatoms. The summed E-state index contributed by atoms with van der Waals surface area (Å²) in [6, 6.07) is 0. The molecule has 0 aliphatic rings. The molecule has 1 nitrogen and oxygen atoms in total. The fraction of sp³-hybridized carbons (Fsp3) is 1.00. The van der Waals surface area contributed by atoms with Crippen molar-refractivity contribution in [1.82, 2.24) is 0 Å². The lowest BCUT2D eigenvalue weighted by Crippen LogP contribution is -2.00. The molecule has 0 aromatic carbocycles. The Balaban J connectivity index is 3.06. The molecule has 0 saturated carbocycles. The van der Waals surface area contributed by atoms with E-state index in [2.05, 4.69) is 6.92 Å². The molecule has 0 fully saturated rings. The molecule has 0 bridgehead atoms. The highest BCUT2D eigenvalue weighted by Crippen LogP contribution is 2.14. The minimum absolute atomic E-state index is 0.198. The van der Waals surface area contributed by atoms with Crippen molar-refractivity contribution in [3.63, 3.8) is 0 Å². The van der Waals surface area contributed by atoms with Gasteiger partial charge in [0.25, 0.3) is 0 Å². The van der Waals surface area contributed by atoms with E-state index in [1.807, 2.05) is 0 Å². The van der Waals surface area contributed by atoms with Gasteiger partial charge in [-0.2, -0.15) is 0 Å². The molecule has 1 N–H and O–H groups in total. The molecule has 15 heavy (non-hydrogen) atoms. The van der Waals surface area contributed by atoms with Crippen molar-refractivity contribution in [2.75, 3.05) is 6.61 Å². The van der Waals surface area contributed by atoms with E-state index in [1.165, 1.54) is 32.1 Å². The van der Waals surface area contributed by atoms with Crippen LogP contribution in [0, 0.1) is 0 Å². The quantitative estimate of drug-likeness (QED) is 0.514. The Morgan fingerprint density at radius 1 is 0.867 bits per heavy atom. The van der Waals surface area contributed by atoms with E-state index in [1.54, 1.807) is 0 Å². The second-order valence-corrected chi connectivity index (χ2v) is 4.37. The maximum atomic E-state index is 13.2. The number of hydrogen-bond acceptors (Lipinski definition) is 1. The number of alkyl halides is 1. The summed E-state index contributed by atoms with van der Waals surface area (Å²) < 4.78 is 13.2. The van der Waals surface area contributed by atoms with Crippen LogP contribution in [0.2, 0.25) is 0 Å². The molecule has 0 spiro atoms. The topological polar surface area (TPSA) is 20.2 Å². The van der Waals surface area contributed by atoms with E-state index in [-0.39, 0.29) is 6.61 Å². The number of aliphatic hydroxyl groups is 1. The van der Waals surface area contributed by atoms with Crippen molar-refractivity contribution < 1.29 is 9.50 Å². The first kappa shape index (κ1) is 14.9. The van der Waals surface area contributed by atoms with Crippen molar-refractivity contribution >= 4 is 0 Å². The van der Waals surface area contributed by atoms with Crippen LogP contribution < -0.4 is 0 Å². The van der Waals surface area contributed by atoms with E-state index >= 15 is 0 Å². The Morgan fingerprint density at radius 2 is 1.40 bits per heavy atom. The van der Waals surface area contributed by atoms with Crippen LogP contribution in [-0.2, 0) is 0 Å². The summed E-state index contributed by atoms with van der Waals surface area (Å²) in [6.45, 7) is 2.41. The van der Waals surface area contributed by atoms with Crippen LogP contribution in [0.1, 0.15) is 71.1 Å². The second kappa shape index (κ2) is 12.0. The van der Waals surface area contributed by atoms with Crippen molar-refractivity contribution in [3.8, 4) is 0 Å².